The number of nitrogens with zero attached hydrogens (tertiary/aromatic N) is 4. The van der Waals surface area contributed by atoms with Crippen LogP contribution in [0.5, 0.6) is 5.75 Å². The van der Waals surface area contributed by atoms with Gasteiger partial charge in [-0.25, -0.2) is 9.97 Å². The molecule has 9 heteroatoms. The highest BCUT2D eigenvalue weighted by molar-refractivity contribution is 5.94. The SMILES string of the molecule is CCOc1cn(C2CC(C)(O)C2)c(=O)c2cc(-c3nc(C4CC(C)(O)C4)n4ccnc(N)c34)ccc12. The molecule has 2 aliphatic rings. The van der Waals surface area contributed by atoms with Crippen molar-refractivity contribution in [2.24, 2.45) is 0 Å². The number of anilines is 1. The van der Waals surface area contributed by atoms with E-state index >= 15 is 0 Å². The molecule has 2 saturated carbocycles. The second-order valence-electron chi connectivity index (χ2n) is 10.9. The summed E-state index contributed by atoms with van der Waals surface area (Å²) in [4.78, 5) is 22.9. The molecular weight excluding hydrogens is 458 g/mol. The molecule has 0 bridgehead atoms. The van der Waals surface area contributed by atoms with Crippen molar-refractivity contribution in [3.05, 3.63) is 53.0 Å². The predicted octanol–water partition coefficient (Wildman–Crippen LogP) is 3.41. The van der Waals surface area contributed by atoms with Crippen molar-refractivity contribution >= 4 is 22.1 Å². The molecule has 0 amide bonds. The second kappa shape index (κ2) is 7.78. The molecular formula is C27H31N5O4. The molecule has 2 fully saturated rings. The summed E-state index contributed by atoms with van der Waals surface area (Å²) in [5.74, 6) is 1.93. The maximum absolute atomic E-state index is 13.6. The number of benzene rings is 1. The molecule has 0 saturated heterocycles. The highest BCUT2D eigenvalue weighted by Crippen LogP contribution is 2.46. The van der Waals surface area contributed by atoms with E-state index < -0.39 is 11.2 Å². The molecule has 4 aromatic rings. The number of aromatic nitrogens is 4. The summed E-state index contributed by atoms with van der Waals surface area (Å²) in [6, 6.07) is 5.59. The summed E-state index contributed by atoms with van der Waals surface area (Å²) in [5, 5.41) is 21.8. The van der Waals surface area contributed by atoms with Crippen molar-refractivity contribution in [1.82, 2.24) is 18.9 Å². The monoisotopic (exact) mass is 489 g/mol. The van der Waals surface area contributed by atoms with Gasteiger partial charge in [-0.15, -0.1) is 0 Å². The van der Waals surface area contributed by atoms with Crippen LogP contribution in [0.1, 0.15) is 64.2 Å². The maximum atomic E-state index is 13.6. The van der Waals surface area contributed by atoms with Crippen molar-refractivity contribution in [1.29, 1.82) is 0 Å². The molecule has 4 N–H and O–H groups in total. The van der Waals surface area contributed by atoms with E-state index in [-0.39, 0.29) is 17.5 Å². The molecule has 0 aliphatic heterocycles. The van der Waals surface area contributed by atoms with Crippen LogP contribution in [0.4, 0.5) is 5.82 Å². The summed E-state index contributed by atoms with van der Waals surface area (Å²) in [6.45, 7) is 6.01. The normalized spacial score (nSPS) is 27.7. The zero-order valence-electron chi connectivity index (χ0n) is 20.7. The van der Waals surface area contributed by atoms with Crippen LogP contribution in [-0.2, 0) is 0 Å². The van der Waals surface area contributed by atoms with Gasteiger partial charge in [0.2, 0.25) is 0 Å². The van der Waals surface area contributed by atoms with Crippen LogP contribution >= 0.6 is 0 Å². The fraction of sp³-hybridized carbons (Fsp3) is 0.444. The molecule has 2 aliphatic carbocycles. The summed E-state index contributed by atoms with van der Waals surface area (Å²) in [6.07, 6.45) is 7.54. The van der Waals surface area contributed by atoms with Gasteiger partial charge < -0.3 is 25.3 Å². The third-order valence-corrected chi connectivity index (χ3v) is 7.67. The number of hydrogen-bond acceptors (Lipinski definition) is 7. The number of nitrogens with two attached hydrogens (primary N) is 1. The first-order valence-electron chi connectivity index (χ1n) is 12.5. The first kappa shape index (κ1) is 23.0. The molecule has 36 heavy (non-hydrogen) atoms. The molecule has 9 nitrogen and oxygen atoms in total. The lowest BCUT2D eigenvalue weighted by molar-refractivity contribution is -0.0518. The van der Waals surface area contributed by atoms with Gasteiger partial charge in [0.05, 0.1) is 29.4 Å². The standard InChI is InChI=1S/C27H31N5O4/c1-4-36-20-14-32(17-12-27(3,35)13-17)25(33)19-9-15(5-6-18(19)20)21-22-23(28)29-7-8-31(22)24(30-21)16-10-26(2,34)11-16/h5-9,14,16-17,34-35H,4,10-13H2,1-3H3,(H2,28,29). The zero-order chi connectivity index (χ0) is 25.4. The van der Waals surface area contributed by atoms with Gasteiger partial charge in [0.25, 0.3) is 5.56 Å². The largest absolute Gasteiger partial charge is 0.492 e. The number of imidazole rings is 1. The van der Waals surface area contributed by atoms with E-state index in [1.54, 1.807) is 23.9 Å². The number of hydrogen-bond donors (Lipinski definition) is 3. The molecule has 6 rings (SSSR count). The zero-order valence-corrected chi connectivity index (χ0v) is 20.7. The van der Waals surface area contributed by atoms with Crippen LogP contribution in [0.25, 0.3) is 27.5 Å². The summed E-state index contributed by atoms with van der Waals surface area (Å²) in [5.41, 5.74) is 6.85. The van der Waals surface area contributed by atoms with E-state index in [1.807, 2.05) is 42.6 Å². The van der Waals surface area contributed by atoms with Gasteiger partial charge in [0, 0.05) is 35.3 Å². The number of ether oxygens (including phenoxy) is 1. The molecule has 3 aromatic heterocycles. The Morgan fingerprint density at radius 1 is 1.14 bits per heavy atom. The quantitative estimate of drug-likeness (QED) is 0.392. The number of rotatable bonds is 5. The third-order valence-electron chi connectivity index (χ3n) is 7.67. The fourth-order valence-corrected chi connectivity index (χ4v) is 5.93. The van der Waals surface area contributed by atoms with Crippen molar-refractivity contribution < 1.29 is 14.9 Å². The van der Waals surface area contributed by atoms with Crippen LogP contribution in [0, 0.1) is 0 Å². The van der Waals surface area contributed by atoms with Crippen LogP contribution in [0.3, 0.4) is 0 Å². The Bertz CT molecular complexity index is 1550. The molecule has 3 heterocycles. The Kier molecular flexibility index (Phi) is 4.97. The Balaban J connectivity index is 1.52. The minimum absolute atomic E-state index is 0.0777. The van der Waals surface area contributed by atoms with Crippen molar-refractivity contribution in [3.8, 4) is 17.0 Å². The maximum Gasteiger partial charge on any atom is 0.258 e. The smallest absolute Gasteiger partial charge is 0.258 e. The van der Waals surface area contributed by atoms with E-state index in [0.717, 1.165) is 16.8 Å². The predicted molar refractivity (Wildman–Crippen MR) is 137 cm³/mol. The Morgan fingerprint density at radius 3 is 2.53 bits per heavy atom. The topological polar surface area (TPSA) is 128 Å². The van der Waals surface area contributed by atoms with Gasteiger partial charge in [-0.1, -0.05) is 6.07 Å². The van der Waals surface area contributed by atoms with Crippen molar-refractivity contribution in [2.45, 2.75) is 69.6 Å². The average molecular weight is 490 g/mol. The lowest BCUT2D eigenvalue weighted by atomic mass is 9.72. The van der Waals surface area contributed by atoms with Crippen LogP contribution in [0.15, 0.2) is 41.6 Å². The summed E-state index contributed by atoms with van der Waals surface area (Å²) < 4.78 is 9.55. The van der Waals surface area contributed by atoms with Crippen LogP contribution in [0.2, 0.25) is 0 Å². The minimum atomic E-state index is -0.755. The highest BCUT2D eigenvalue weighted by Gasteiger charge is 2.42. The molecule has 1 aromatic carbocycles. The van der Waals surface area contributed by atoms with Crippen molar-refractivity contribution in [3.63, 3.8) is 0 Å². The van der Waals surface area contributed by atoms with Gasteiger partial charge in [0.1, 0.15) is 28.6 Å². The van der Waals surface area contributed by atoms with Gasteiger partial charge in [-0.2, -0.15) is 0 Å². The van der Waals surface area contributed by atoms with E-state index in [1.165, 1.54) is 0 Å². The molecule has 188 valence electrons. The molecule has 0 spiro atoms. The average Bonchev–Trinajstić information content (AvgIpc) is 3.18. The lowest BCUT2D eigenvalue weighted by Crippen LogP contribution is -2.44. The first-order valence-corrected chi connectivity index (χ1v) is 12.5. The summed E-state index contributed by atoms with van der Waals surface area (Å²) in [7, 11) is 0. The number of pyridine rings is 1. The molecule has 0 atom stereocenters. The number of fused-ring (bicyclic) bond motifs is 2. The molecule has 0 unspecified atom stereocenters. The molecule has 0 radical (unpaired) electrons. The highest BCUT2D eigenvalue weighted by atomic mass is 16.5. The van der Waals surface area contributed by atoms with E-state index in [4.69, 9.17) is 15.5 Å². The van der Waals surface area contributed by atoms with Gasteiger partial charge >= 0.3 is 0 Å². The Labute approximate surface area is 208 Å². The van der Waals surface area contributed by atoms with Gasteiger partial charge in [-0.3, -0.25) is 9.20 Å². The van der Waals surface area contributed by atoms with Gasteiger partial charge in [-0.05, 0) is 58.6 Å². The summed E-state index contributed by atoms with van der Waals surface area (Å²) >= 11 is 0. The Morgan fingerprint density at radius 2 is 1.86 bits per heavy atom. The van der Waals surface area contributed by atoms with E-state index in [2.05, 4.69) is 4.98 Å². The minimum Gasteiger partial charge on any atom is -0.492 e. The third kappa shape index (κ3) is 3.57. The van der Waals surface area contributed by atoms with Crippen LogP contribution < -0.4 is 16.0 Å². The fourth-order valence-electron chi connectivity index (χ4n) is 5.93. The first-order chi connectivity index (χ1) is 17.1. The van der Waals surface area contributed by atoms with Gasteiger partial charge in [0.15, 0.2) is 0 Å². The van der Waals surface area contributed by atoms with Crippen molar-refractivity contribution in [2.75, 3.05) is 12.3 Å². The van der Waals surface area contributed by atoms with Crippen LogP contribution in [-0.4, -0.2) is 47.0 Å². The Hall–Kier alpha value is -3.43. The van der Waals surface area contributed by atoms with E-state index in [9.17, 15) is 15.0 Å². The number of aliphatic hydroxyl groups is 2. The number of nitrogen functional groups attached to an aromatic ring is 1. The van der Waals surface area contributed by atoms with E-state index in [0.29, 0.717) is 60.5 Å². The second-order valence-corrected chi connectivity index (χ2v) is 10.9. The lowest BCUT2D eigenvalue weighted by Gasteiger charge is -2.41.